The highest BCUT2D eigenvalue weighted by Gasteiger charge is 2.30. The lowest BCUT2D eigenvalue weighted by Crippen LogP contribution is -2.10. The molecule has 0 aliphatic rings. The van der Waals surface area contributed by atoms with Gasteiger partial charge in [0.2, 0.25) is 5.43 Å². The Kier molecular flexibility index (Phi) is 2.82. The minimum atomic E-state index is -4.46. The molecule has 0 amide bonds. The molecule has 1 N–H and O–H groups in total. The number of nitrogens with zero attached hydrogens (tertiary/aromatic N) is 2. The fourth-order valence-electron chi connectivity index (χ4n) is 1.36. The number of alkyl halides is 3. The quantitative estimate of drug-likeness (QED) is 0.848. The average molecular weight is 256 g/mol. The van der Waals surface area contributed by atoms with Gasteiger partial charge in [-0.3, -0.25) is 4.79 Å². The van der Waals surface area contributed by atoms with E-state index in [9.17, 15) is 23.1 Å². The third kappa shape index (κ3) is 2.34. The smallest absolute Gasteiger partial charge is 0.416 e. The highest BCUT2D eigenvalue weighted by atomic mass is 19.4. The summed E-state index contributed by atoms with van der Waals surface area (Å²) in [6, 6.07) is 4.39. The van der Waals surface area contributed by atoms with Gasteiger partial charge in [-0.2, -0.15) is 18.3 Å². The molecule has 1 aromatic carbocycles. The third-order valence-corrected chi connectivity index (χ3v) is 2.23. The van der Waals surface area contributed by atoms with Crippen molar-refractivity contribution in [2.75, 3.05) is 0 Å². The van der Waals surface area contributed by atoms with Crippen LogP contribution in [0.15, 0.2) is 41.5 Å². The van der Waals surface area contributed by atoms with Crippen LogP contribution < -0.4 is 5.43 Å². The summed E-state index contributed by atoms with van der Waals surface area (Å²) in [6.07, 6.45) is -2.68. The summed E-state index contributed by atoms with van der Waals surface area (Å²) in [4.78, 5) is 10.9. The Labute approximate surface area is 98.9 Å². The molecule has 0 bridgehead atoms. The first-order valence-electron chi connectivity index (χ1n) is 4.83. The second kappa shape index (κ2) is 4.17. The predicted molar refractivity (Wildman–Crippen MR) is 56.5 cm³/mol. The molecule has 2 aromatic rings. The number of halogens is 3. The zero-order valence-corrected chi connectivity index (χ0v) is 8.85. The summed E-state index contributed by atoms with van der Waals surface area (Å²) in [5.41, 5.74) is -1.43. The average Bonchev–Trinajstić information content (AvgIpc) is 2.32. The number of hydrogen-bond acceptors (Lipinski definition) is 3. The van der Waals surface area contributed by atoms with Crippen molar-refractivity contribution in [3.05, 3.63) is 52.4 Å². The van der Waals surface area contributed by atoms with Gasteiger partial charge in [0.1, 0.15) is 0 Å². The van der Waals surface area contributed by atoms with Crippen LogP contribution >= 0.6 is 0 Å². The maximum absolute atomic E-state index is 12.5. The fourth-order valence-corrected chi connectivity index (χ4v) is 1.36. The maximum Gasteiger partial charge on any atom is 0.416 e. The summed E-state index contributed by atoms with van der Waals surface area (Å²) in [6.45, 7) is 0. The molecule has 0 aliphatic heterocycles. The molecule has 1 heterocycles. The van der Waals surface area contributed by atoms with Crippen LogP contribution in [0.3, 0.4) is 0 Å². The van der Waals surface area contributed by atoms with Crippen molar-refractivity contribution in [2.45, 2.75) is 6.18 Å². The van der Waals surface area contributed by atoms with Crippen molar-refractivity contribution in [3.8, 4) is 11.4 Å². The normalized spacial score (nSPS) is 11.5. The topological polar surface area (TPSA) is 55.1 Å². The van der Waals surface area contributed by atoms with E-state index in [2.05, 4.69) is 5.10 Å². The molecule has 1 aromatic heterocycles. The number of aromatic nitrogens is 2. The molecule has 7 heteroatoms. The molecule has 0 saturated carbocycles. The van der Waals surface area contributed by atoms with Crippen LogP contribution in [0.4, 0.5) is 13.2 Å². The first-order chi connectivity index (χ1) is 8.38. The van der Waals surface area contributed by atoms with E-state index in [-0.39, 0.29) is 5.69 Å². The molecule has 0 fully saturated rings. The largest absolute Gasteiger partial charge is 0.503 e. The van der Waals surface area contributed by atoms with Crippen molar-refractivity contribution in [1.82, 2.24) is 9.78 Å². The SMILES string of the molecule is O=c1cnn(-c2cccc(C(F)(F)F)c2)cc1O. The molecule has 0 saturated heterocycles. The second-order valence-corrected chi connectivity index (χ2v) is 3.52. The molecule has 0 aliphatic carbocycles. The van der Waals surface area contributed by atoms with Gasteiger partial charge in [0.15, 0.2) is 5.75 Å². The highest BCUT2D eigenvalue weighted by Crippen LogP contribution is 2.30. The lowest BCUT2D eigenvalue weighted by atomic mass is 10.2. The van der Waals surface area contributed by atoms with E-state index >= 15 is 0 Å². The number of rotatable bonds is 1. The van der Waals surface area contributed by atoms with Gasteiger partial charge >= 0.3 is 6.18 Å². The first kappa shape index (κ1) is 12.2. The van der Waals surface area contributed by atoms with E-state index in [0.29, 0.717) is 0 Å². The van der Waals surface area contributed by atoms with Gasteiger partial charge in [-0.15, -0.1) is 0 Å². The first-order valence-corrected chi connectivity index (χ1v) is 4.83. The molecule has 94 valence electrons. The van der Waals surface area contributed by atoms with Crippen molar-refractivity contribution in [2.24, 2.45) is 0 Å². The van der Waals surface area contributed by atoms with Crippen LogP contribution in [0.1, 0.15) is 5.56 Å². The maximum atomic E-state index is 12.5. The summed E-state index contributed by atoms with van der Waals surface area (Å²) >= 11 is 0. The summed E-state index contributed by atoms with van der Waals surface area (Å²) in [7, 11) is 0. The zero-order chi connectivity index (χ0) is 13.3. The van der Waals surface area contributed by atoms with Gasteiger partial charge in [0.25, 0.3) is 0 Å². The molecule has 4 nitrogen and oxygen atoms in total. The predicted octanol–water partition coefficient (Wildman–Crippen LogP) is 1.96. The second-order valence-electron chi connectivity index (χ2n) is 3.52. The van der Waals surface area contributed by atoms with Crippen LogP contribution in [-0.4, -0.2) is 14.9 Å². The van der Waals surface area contributed by atoms with Crippen LogP contribution in [-0.2, 0) is 6.18 Å². The number of aromatic hydroxyl groups is 1. The molecule has 0 radical (unpaired) electrons. The van der Waals surface area contributed by atoms with Crippen molar-refractivity contribution in [1.29, 1.82) is 0 Å². The van der Waals surface area contributed by atoms with Crippen LogP contribution in [0.25, 0.3) is 5.69 Å². The Morgan fingerprint density at radius 3 is 2.61 bits per heavy atom. The molecule has 0 unspecified atom stereocenters. The van der Waals surface area contributed by atoms with Crippen molar-refractivity contribution in [3.63, 3.8) is 0 Å². The van der Waals surface area contributed by atoms with Crippen molar-refractivity contribution < 1.29 is 18.3 Å². The lowest BCUT2D eigenvalue weighted by Gasteiger charge is -2.09. The molecular weight excluding hydrogens is 249 g/mol. The van der Waals surface area contributed by atoms with Gasteiger partial charge in [0, 0.05) is 0 Å². The Morgan fingerprint density at radius 2 is 2.00 bits per heavy atom. The molecule has 0 atom stereocenters. The van der Waals surface area contributed by atoms with E-state index in [0.717, 1.165) is 29.2 Å². The Morgan fingerprint density at radius 1 is 1.28 bits per heavy atom. The third-order valence-electron chi connectivity index (χ3n) is 2.23. The number of hydrogen-bond donors (Lipinski definition) is 1. The van der Waals surface area contributed by atoms with E-state index < -0.39 is 22.9 Å². The molecular formula is C11H7F3N2O2. The Hall–Kier alpha value is -2.31. The Bertz CT molecular complexity index is 635. The molecule has 18 heavy (non-hydrogen) atoms. The van der Waals surface area contributed by atoms with E-state index in [1.165, 1.54) is 12.1 Å². The van der Waals surface area contributed by atoms with E-state index in [1.54, 1.807) is 0 Å². The van der Waals surface area contributed by atoms with E-state index in [1.807, 2.05) is 0 Å². The molecule has 2 rings (SSSR count). The zero-order valence-electron chi connectivity index (χ0n) is 8.85. The van der Waals surface area contributed by atoms with Crippen molar-refractivity contribution >= 4 is 0 Å². The van der Waals surface area contributed by atoms with Gasteiger partial charge in [-0.05, 0) is 18.2 Å². The van der Waals surface area contributed by atoms with E-state index in [4.69, 9.17) is 0 Å². The van der Waals surface area contributed by atoms with Crippen LogP contribution in [0.2, 0.25) is 0 Å². The highest BCUT2D eigenvalue weighted by molar-refractivity contribution is 5.37. The van der Waals surface area contributed by atoms with Crippen LogP contribution in [0, 0.1) is 0 Å². The van der Waals surface area contributed by atoms with Crippen LogP contribution in [0.5, 0.6) is 5.75 Å². The number of benzene rings is 1. The van der Waals surface area contributed by atoms with Gasteiger partial charge in [-0.1, -0.05) is 6.07 Å². The van der Waals surface area contributed by atoms with Gasteiger partial charge in [-0.25, -0.2) is 4.68 Å². The summed E-state index contributed by atoms with van der Waals surface area (Å²) in [5, 5.41) is 12.8. The fraction of sp³-hybridized carbons (Fsp3) is 0.0909. The Balaban J connectivity index is 2.51. The standard InChI is InChI=1S/C11H7F3N2O2/c12-11(13,14)7-2-1-3-8(4-7)16-6-10(18)9(17)5-15-16/h1-6,18H. The molecule has 0 spiro atoms. The minimum Gasteiger partial charge on any atom is -0.503 e. The lowest BCUT2D eigenvalue weighted by molar-refractivity contribution is -0.137. The van der Waals surface area contributed by atoms with Gasteiger partial charge < -0.3 is 5.11 Å². The monoisotopic (exact) mass is 256 g/mol. The van der Waals surface area contributed by atoms with Gasteiger partial charge in [0.05, 0.1) is 23.6 Å². The minimum absolute atomic E-state index is 0.0973. The summed E-state index contributed by atoms with van der Waals surface area (Å²) in [5.74, 6) is -0.581. The summed E-state index contributed by atoms with van der Waals surface area (Å²) < 4.78 is 38.5.